The monoisotopic (exact) mass is 352 g/mol. The van der Waals surface area contributed by atoms with Gasteiger partial charge in [0.15, 0.2) is 14.6 Å². The molecule has 2 rings (SSSR count). The van der Waals surface area contributed by atoms with Crippen LogP contribution in [0.2, 0.25) is 18.1 Å². The standard InChI is InChI=1S/C18H28O5Si/c1-18(2,3)24(4,5)23-15-11-14(22-17(15)20)12-21-16(19)13-9-7-6-8-10-13/h6-10,14-15,17,20H,11-12H2,1-5H3/t14-,15+,17?/m0/s1. The molecule has 134 valence electrons. The van der Waals surface area contributed by atoms with Gasteiger partial charge in [0, 0.05) is 6.42 Å². The molecule has 1 heterocycles. The van der Waals surface area contributed by atoms with Crippen LogP contribution in [0, 0.1) is 0 Å². The third-order valence-corrected chi connectivity index (χ3v) is 9.31. The van der Waals surface area contributed by atoms with E-state index in [1.807, 2.05) is 6.07 Å². The van der Waals surface area contributed by atoms with E-state index in [0.717, 1.165) is 0 Å². The summed E-state index contributed by atoms with van der Waals surface area (Å²) < 4.78 is 17.0. The molecule has 3 atom stereocenters. The first kappa shape index (κ1) is 19.1. The fraction of sp³-hybridized carbons (Fsp3) is 0.611. The molecule has 1 aliphatic heterocycles. The van der Waals surface area contributed by atoms with E-state index in [1.165, 1.54) is 0 Å². The second-order valence-corrected chi connectivity index (χ2v) is 12.5. The average Bonchev–Trinajstić information content (AvgIpc) is 2.84. The highest BCUT2D eigenvalue weighted by Gasteiger charge is 2.44. The fourth-order valence-corrected chi connectivity index (χ4v) is 3.63. The SMILES string of the molecule is CC(C)(C)[Si](C)(C)O[C@@H]1C[C@@H](COC(=O)c2ccccc2)OC1O. The van der Waals surface area contributed by atoms with Crippen molar-refractivity contribution in [3.63, 3.8) is 0 Å². The maximum atomic E-state index is 12.0. The molecule has 1 fully saturated rings. The summed E-state index contributed by atoms with van der Waals surface area (Å²) in [4.78, 5) is 12.0. The zero-order valence-corrected chi connectivity index (χ0v) is 16.1. The van der Waals surface area contributed by atoms with E-state index in [1.54, 1.807) is 24.3 Å². The van der Waals surface area contributed by atoms with Gasteiger partial charge < -0.3 is 19.0 Å². The van der Waals surface area contributed by atoms with Crippen LogP contribution in [0.5, 0.6) is 0 Å². The van der Waals surface area contributed by atoms with Crippen molar-refractivity contribution in [2.75, 3.05) is 6.61 Å². The van der Waals surface area contributed by atoms with Crippen LogP contribution < -0.4 is 0 Å². The largest absolute Gasteiger partial charge is 0.459 e. The van der Waals surface area contributed by atoms with Crippen LogP contribution in [-0.2, 0) is 13.9 Å². The van der Waals surface area contributed by atoms with Gasteiger partial charge in [0.1, 0.15) is 6.61 Å². The minimum Gasteiger partial charge on any atom is -0.459 e. The lowest BCUT2D eigenvalue weighted by Gasteiger charge is -2.38. The molecule has 1 aromatic carbocycles. The molecule has 0 aliphatic carbocycles. The summed E-state index contributed by atoms with van der Waals surface area (Å²) in [5.74, 6) is -0.387. The van der Waals surface area contributed by atoms with Crippen molar-refractivity contribution < 1.29 is 23.8 Å². The summed E-state index contributed by atoms with van der Waals surface area (Å²) >= 11 is 0. The van der Waals surface area contributed by atoms with Crippen LogP contribution >= 0.6 is 0 Å². The summed E-state index contributed by atoms with van der Waals surface area (Å²) in [5, 5.41) is 10.2. The van der Waals surface area contributed by atoms with Gasteiger partial charge in [0.2, 0.25) is 0 Å². The summed E-state index contributed by atoms with van der Waals surface area (Å²) in [6.07, 6.45) is -1.16. The number of rotatable bonds is 5. The Morgan fingerprint density at radius 3 is 2.50 bits per heavy atom. The van der Waals surface area contributed by atoms with Crippen molar-refractivity contribution >= 4 is 14.3 Å². The minimum atomic E-state index is -1.99. The van der Waals surface area contributed by atoms with Crippen LogP contribution in [0.1, 0.15) is 37.6 Å². The lowest BCUT2D eigenvalue weighted by molar-refractivity contribution is -0.130. The van der Waals surface area contributed by atoms with Crippen LogP contribution in [0.3, 0.4) is 0 Å². The zero-order chi connectivity index (χ0) is 18.0. The third kappa shape index (κ3) is 4.66. The van der Waals surface area contributed by atoms with Gasteiger partial charge in [0.05, 0.1) is 17.8 Å². The predicted molar refractivity (Wildman–Crippen MR) is 94.3 cm³/mol. The minimum absolute atomic E-state index is 0.0601. The van der Waals surface area contributed by atoms with Crippen LogP contribution in [0.25, 0.3) is 0 Å². The number of hydrogen-bond donors (Lipinski definition) is 1. The summed E-state index contributed by atoms with van der Waals surface area (Å²) in [6, 6.07) is 8.83. The fourth-order valence-electron chi connectivity index (χ4n) is 2.31. The highest BCUT2D eigenvalue weighted by atomic mass is 28.4. The quantitative estimate of drug-likeness (QED) is 0.650. The van der Waals surface area contributed by atoms with Gasteiger partial charge in [-0.3, -0.25) is 0 Å². The highest BCUT2D eigenvalue weighted by molar-refractivity contribution is 6.74. The third-order valence-electron chi connectivity index (χ3n) is 4.81. The van der Waals surface area contributed by atoms with Crippen molar-refractivity contribution in [1.29, 1.82) is 0 Å². The maximum absolute atomic E-state index is 12.0. The number of carbonyl (C=O) groups is 1. The second kappa shape index (κ2) is 7.35. The number of ether oxygens (including phenoxy) is 2. The molecule has 1 aliphatic rings. The molecule has 6 heteroatoms. The van der Waals surface area contributed by atoms with Gasteiger partial charge in [-0.2, -0.15) is 0 Å². The van der Waals surface area contributed by atoms with Gasteiger partial charge in [-0.15, -0.1) is 0 Å². The number of esters is 1. The lowest BCUT2D eigenvalue weighted by atomic mass is 10.2. The van der Waals surface area contributed by atoms with E-state index < -0.39 is 14.6 Å². The first-order chi connectivity index (χ1) is 11.1. The number of aliphatic hydroxyl groups is 1. The Balaban J connectivity index is 1.86. The van der Waals surface area contributed by atoms with Gasteiger partial charge in [-0.05, 0) is 30.3 Å². The van der Waals surface area contributed by atoms with E-state index >= 15 is 0 Å². The molecular weight excluding hydrogens is 324 g/mol. The predicted octanol–water partition coefficient (Wildman–Crippen LogP) is 3.34. The molecule has 1 unspecified atom stereocenters. The number of benzene rings is 1. The Kier molecular flexibility index (Phi) is 5.85. The molecule has 0 aromatic heterocycles. The molecule has 1 saturated heterocycles. The molecule has 0 spiro atoms. The van der Waals surface area contributed by atoms with Gasteiger partial charge in [-0.1, -0.05) is 39.0 Å². The molecular formula is C18H28O5Si. The van der Waals surface area contributed by atoms with E-state index in [-0.39, 0.29) is 29.8 Å². The van der Waals surface area contributed by atoms with Gasteiger partial charge in [0.25, 0.3) is 0 Å². The van der Waals surface area contributed by atoms with E-state index in [9.17, 15) is 9.90 Å². The van der Waals surface area contributed by atoms with E-state index in [4.69, 9.17) is 13.9 Å². The number of hydrogen-bond acceptors (Lipinski definition) is 5. The molecule has 0 saturated carbocycles. The van der Waals surface area contributed by atoms with E-state index in [2.05, 4.69) is 33.9 Å². The number of carbonyl (C=O) groups excluding carboxylic acids is 1. The Morgan fingerprint density at radius 1 is 1.29 bits per heavy atom. The second-order valence-electron chi connectivity index (χ2n) is 7.77. The van der Waals surface area contributed by atoms with Crippen molar-refractivity contribution in [3.8, 4) is 0 Å². The van der Waals surface area contributed by atoms with Crippen LogP contribution in [0.4, 0.5) is 0 Å². The van der Waals surface area contributed by atoms with Crippen molar-refractivity contribution in [2.24, 2.45) is 0 Å². The van der Waals surface area contributed by atoms with Crippen molar-refractivity contribution in [1.82, 2.24) is 0 Å². The first-order valence-electron chi connectivity index (χ1n) is 8.34. The van der Waals surface area contributed by atoms with Gasteiger partial charge in [-0.25, -0.2) is 4.79 Å². The average molecular weight is 353 g/mol. The maximum Gasteiger partial charge on any atom is 0.338 e. The van der Waals surface area contributed by atoms with Crippen LogP contribution in [-0.4, -0.2) is 44.5 Å². The zero-order valence-electron chi connectivity index (χ0n) is 15.1. The number of aliphatic hydroxyl groups excluding tert-OH is 1. The van der Waals surface area contributed by atoms with Gasteiger partial charge >= 0.3 is 5.97 Å². The Bertz CT molecular complexity index is 552. The lowest BCUT2D eigenvalue weighted by Crippen LogP contribution is -2.45. The molecule has 0 bridgehead atoms. The Hall–Kier alpha value is -1.21. The smallest absolute Gasteiger partial charge is 0.338 e. The molecule has 24 heavy (non-hydrogen) atoms. The summed E-state index contributed by atoms with van der Waals surface area (Å²) in [6.45, 7) is 10.9. The molecule has 5 nitrogen and oxygen atoms in total. The molecule has 0 amide bonds. The normalized spacial score (nSPS) is 24.8. The molecule has 1 N–H and O–H groups in total. The van der Waals surface area contributed by atoms with Crippen LogP contribution in [0.15, 0.2) is 30.3 Å². The Morgan fingerprint density at radius 2 is 1.92 bits per heavy atom. The highest BCUT2D eigenvalue weighted by Crippen LogP contribution is 2.39. The van der Waals surface area contributed by atoms with Crippen molar-refractivity contribution in [3.05, 3.63) is 35.9 Å². The summed E-state index contributed by atoms with van der Waals surface area (Å²) in [5.41, 5.74) is 0.505. The van der Waals surface area contributed by atoms with E-state index in [0.29, 0.717) is 12.0 Å². The van der Waals surface area contributed by atoms with Crippen molar-refractivity contribution in [2.45, 2.75) is 63.8 Å². The molecule has 0 radical (unpaired) electrons. The first-order valence-corrected chi connectivity index (χ1v) is 11.2. The summed E-state index contributed by atoms with van der Waals surface area (Å²) in [7, 11) is -1.99. The topological polar surface area (TPSA) is 65.0 Å². The Labute approximate surface area is 145 Å². The molecule has 1 aromatic rings.